The summed E-state index contributed by atoms with van der Waals surface area (Å²) in [7, 11) is 6.29. The van der Waals surface area contributed by atoms with Crippen LogP contribution in [0, 0.1) is 0 Å². The van der Waals surface area contributed by atoms with E-state index in [1.54, 1.807) is 0 Å². The second-order valence-electron chi connectivity index (χ2n) is 15.8. The van der Waals surface area contributed by atoms with Crippen LogP contribution in [0.4, 0.5) is 0 Å². The van der Waals surface area contributed by atoms with E-state index in [-0.39, 0.29) is 28.8 Å². The van der Waals surface area contributed by atoms with Crippen molar-refractivity contribution in [3.05, 3.63) is 0 Å². The molecule has 0 aliphatic carbocycles. The maximum Gasteiger partial charge on any atom is 0.225 e. The molecule has 3 fully saturated rings. The number of likely N-dealkylation sites (tertiary alicyclic amines) is 2. The van der Waals surface area contributed by atoms with Gasteiger partial charge in [0.25, 0.3) is 0 Å². The van der Waals surface area contributed by atoms with Crippen LogP contribution in [0.25, 0.3) is 0 Å². The van der Waals surface area contributed by atoms with Crippen molar-refractivity contribution < 1.29 is 4.74 Å². The second kappa shape index (κ2) is 15.2. The van der Waals surface area contributed by atoms with Gasteiger partial charge in [0.1, 0.15) is 0 Å². The van der Waals surface area contributed by atoms with Crippen LogP contribution in [0.15, 0.2) is 9.98 Å². The Morgan fingerprint density at radius 3 is 2.02 bits per heavy atom. The first kappa shape index (κ1) is 37.3. The van der Waals surface area contributed by atoms with Crippen molar-refractivity contribution in [3.8, 4) is 0 Å². The molecule has 10 heteroatoms. The van der Waals surface area contributed by atoms with E-state index in [9.17, 15) is 0 Å². The number of aliphatic imine (C=N–C) groups is 2. The Labute approximate surface area is 275 Å². The molecule has 0 aromatic rings. The average molecular weight is 639 g/mol. The summed E-state index contributed by atoms with van der Waals surface area (Å²) in [5.74, 6) is 1.22. The van der Waals surface area contributed by atoms with E-state index < -0.39 is 5.00 Å². The Morgan fingerprint density at radius 2 is 1.48 bits per heavy atom. The van der Waals surface area contributed by atoms with E-state index in [2.05, 4.69) is 94.4 Å². The van der Waals surface area contributed by atoms with Gasteiger partial charge in [-0.15, -0.1) is 11.6 Å². The Kier molecular flexibility index (Phi) is 12.9. The lowest BCUT2D eigenvalue weighted by atomic mass is 9.77. The van der Waals surface area contributed by atoms with Crippen LogP contribution in [0.1, 0.15) is 120 Å². The highest BCUT2D eigenvalue weighted by atomic mass is 35.5. The third-order valence-corrected chi connectivity index (χ3v) is 11.4. The number of hydrogen-bond acceptors (Lipinski definition) is 5. The van der Waals surface area contributed by atoms with E-state index in [1.165, 1.54) is 25.7 Å². The number of morpholine rings is 1. The summed E-state index contributed by atoms with van der Waals surface area (Å²) in [6.07, 6.45) is 11.2. The molecule has 3 aliphatic rings. The van der Waals surface area contributed by atoms with Gasteiger partial charge >= 0.3 is 0 Å². The number of nitrogens with zero attached hydrogens (tertiary/aromatic N) is 6. The number of hydrogen-bond donors (Lipinski definition) is 2. The Hall–Kier alpha value is -1.13. The number of rotatable bonds is 10. The number of alkyl halides is 1. The number of guanidine groups is 2. The van der Waals surface area contributed by atoms with Crippen molar-refractivity contribution in [1.82, 2.24) is 24.9 Å². The average Bonchev–Trinajstić information content (AvgIpc) is 2.93. The molecule has 44 heavy (non-hydrogen) atoms. The van der Waals surface area contributed by atoms with Gasteiger partial charge in [-0.05, 0) is 88.2 Å². The van der Waals surface area contributed by atoms with Gasteiger partial charge in [0.15, 0.2) is 5.96 Å². The zero-order valence-electron chi connectivity index (χ0n) is 30.2. The van der Waals surface area contributed by atoms with Crippen molar-refractivity contribution in [2.45, 2.75) is 159 Å². The molecular formula is C34H67ClN8O. The molecule has 0 amide bonds. The van der Waals surface area contributed by atoms with Gasteiger partial charge in [-0.3, -0.25) is 20.1 Å². The maximum absolute atomic E-state index is 7.32. The summed E-state index contributed by atoms with van der Waals surface area (Å²) in [5, 5.41) is 4.23. The molecule has 256 valence electrons. The molecule has 3 rings (SSSR count). The Bertz CT molecular complexity index is 938. The number of unbranched alkanes of at least 4 members (excludes halogenated alkanes) is 4. The van der Waals surface area contributed by atoms with E-state index >= 15 is 0 Å². The number of nitrogens with one attached hydrogen (secondary N) is 1. The Morgan fingerprint density at radius 1 is 0.909 bits per heavy atom. The SMILES string of the molecule is CCCCCCCC(NC1CC(C)(C)N(C)C(C)(C)C1)N(C(N=C(N)N1CCOCC1)=NC)C1CC(C)(C)N(C)C(C)(Cl)C1. The molecule has 3 saturated heterocycles. The molecule has 0 saturated carbocycles. The minimum Gasteiger partial charge on any atom is -0.378 e. The van der Waals surface area contributed by atoms with Crippen LogP contribution in [0.3, 0.4) is 0 Å². The first-order valence-electron chi connectivity index (χ1n) is 17.3. The molecule has 0 aromatic carbocycles. The third kappa shape index (κ3) is 9.24. The fourth-order valence-corrected chi connectivity index (χ4v) is 8.34. The van der Waals surface area contributed by atoms with Crippen molar-refractivity contribution in [3.63, 3.8) is 0 Å². The van der Waals surface area contributed by atoms with Crippen LogP contribution >= 0.6 is 11.6 Å². The second-order valence-corrected chi connectivity index (χ2v) is 16.6. The van der Waals surface area contributed by atoms with Crippen LogP contribution in [-0.2, 0) is 4.74 Å². The predicted molar refractivity (Wildman–Crippen MR) is 188 cm³/mol. The van der Waals surface area contributed by atoms with Crippen molar-refractivity contribution in [2.75, 3.05) is 47.4 Å². The van der Waals surface area contributed by atoms with Crippen LogP contribution in [-0.4, -0.2) is 119 Å². The normalized spacial score (nSPS) is 29.5. The van der Waals surface area contributed by atoms with Gasteiger partial charge in [0.05, 0.1) is 24.4 Å². The quantitative estimate of drug-likeness (QED) is 0.0796. The Balaban J connectivity index is 2.05. The van der Waals surface area contributed by atoms with Crippen LogP contribution in [0.2, 0.25) is 0 Å². The molecule has 9 nitrogen and oxygen atoms in total. The molecule has 0 aromatic heterocycles. The number of ether oxygens (including phenoxy) is 1. The van der Waals surface area contributed by atoms with Gasteiger partial charge < -0.3 is 20.3 Å². The zero-order chi connectivity index (χ0) is 32.9. The highest BCUT2D eigenvalue weighted by molar-refractivity contribution is 6.23. The minimum atomic E-state index is -0.494. The predicted octanol–water partition coefficient (Wildman–Crippen LogP) is 5.68. The highest BCUT2D eigenvalue weighted by Crippen LogP contribution is 2.43. The molecule has 0 spiro atoms. The molecule has 3 heterocycles. The first-order chi connectivity index (χ1) is 20.4. The fourth-order valence-electron chi connectivity index (χ4n) is 7.93. The van der Waals surface area contributed by atoms with E-state index in [0.717, 1.165) is 51.6 Å². The lowest BCUT2D eigenvalue weighted by Crippen LogP contribution is -2.67. The molecule has 3 unspecified atom stereocenters. The van der Waals surface area contributed by atoms with E-state index in [1.807, 2.05) is 7.05 Å². The van der Waals surface area contributed by atoms with Gasteiger partial charge in [0, 0.05) is 55.3 Å². The molecular weight excluding hydrogens is 572 g/mol. The van der Waals surface area contributed by atoms with Crippen molar-refractivity contribution in [1.29, 1.82) is 0 Å². The van der Waals surface area contributed by atoms with Gasteiger partial charge in [0.2, 0.25) is 5.96 Å². The monoisotopic (exact) mass is 639 g/mol. The number of nitrogens with two attached hydrogens (primary N) is 1. The summed E-state index contributed by atoms with van der Waals surface area (Å²) < 4.78 is 5.59. The molecule has 3 atom stereocenters. The summed E-state index contributed by atoms with van der Waals surface area (Å²) >= 11 is 7.32. The molecule has 0 radical (unpaired) electrons. The number of halogens is 1. The van der Waals surface area contributed by atoms with Gasteiger partial charge in [-0.25, -0.2) is 0 Å². The molecule has 0 bridgehead atoms. The first-order valence-corrected chi connectivity index (χ1v) is 17.7. The summed E-state index contributed by atoms with van der Waals surface area (Å²) in [4.78, 5) is 19.0. The van der Waals surface area contributed by atoms with Crippen molar-refractivity contribution >= 4 is 23.5 Å². The largest absolute Gasteiger partial charge is 0.378 e. The lowest BCUT2D eigenvalue weighted by molar-refractivity contribution is -0.0350. The highest BCUT2D eigenvalue weighted by Gasteiger charge is 2.49. The van der Waals surface area contributed by atoms with E-state index in [0.29, 0.717) is 31.2 Å². The smallest absolute Gasteiger partial charge is 0.225 e. The molecule has 3 aliphatic heterocycles. The van der Waals surface area contributed by atoms with Crippen LogP contribution in [0.5, 0.6) is 0 Å². The fraction of sp³-hybridized carbons (Fsp3) is 0.941. The van der Waals surface area contributed by atoms with Gasteiger partial charge in [-0.1, -0.05) is 39.0 Å². The summed E-state index contributed by atoms with van der Waals surface area (Å²) in [5.41, 5.74) is 6.77. The number of piperidine rings is 2. The summed E-state index contributed by atoms with van der Waals surface area (Å²) in [6, 6.07) is 0.503. The molecule has 3 N–H and O–H groups in total. The van der Waals surface area contributed by atoms with Crippen LogP contribution < -0.4 is 11.1 Å². The maximum atomic E-state index is 7.32. The van der Waals surface area contributed by atoms with Crippen molar-refractivity contribution in [2.24, 2.45) is 15.7 Å². The topological polar surface area (TPSA) is 85.0 Å². The summed E-state index contributed by atoms with van der Waals surface area (Å²) in [6.45, 7) is 21.4. The standard InChI is InChI=1S/C34H67ClN8O/c1-12-13-14-15-16-17-28(38-26-22-31(2,3)40(10)32(4,5)23-26)43(27-24-33(6,7)41(11)34(8,35)25-27)30(37-9)39-29(36)42-18-20-44-21-19-42/h26-28,38H,12-25H2,1-11H3,(H2,36,37,39). The third-order valence-electron chi connectivity index (χ3n) is 11.0. The minimum absolute atomic E-state index is 0.0632. The van der Waals surface area contributed by atoms with Gasteiger partial charge in [-0.2, -0.15) is 4.99 Å². The lowest BCUT2D eigenvalue weighted by Gasteiger charge is -2.57. The van der Waals surface area contributed by atoms with E-state index in [4.69, 9.17) is 32.1 Å². The zero-order valence-corrected chi connectivity index (χ0v) is 30.9.